The lowest BCUT2D eigenvalue weighted by molar-refractivity contribution is 0.184. The van der Waals surface area contributed by atoms with Crippen molar-refractivity contribution in [2.45, 2.75) is 58.3 Å². The van der Waals surface area contributed by atoms with Gasteiger partial charge in [0.1, 0.15) is 0 Å². The second kappa shape index (κ2) is 4.48. The van der Waals surface area contributed by atoms with Crippen LogP contribution in [-0.4, -0.2) is 0 Å². The highest BCUT2D eigenvalue weighted by Gasteiger charge is 2.26. The van der Waals surface area contributed by atoms with Crippen molar-refractivity contribution in [2.24, 2.45) is 17.8 Å². The van der Waals surface area contributed by atoms with Gasteiger partial charge in [-0.15, -0.1) is 0 Å². The Bertz CT molecular complexity index is 136. The van der Waals surface area contributed by atoms with Gasteiger partial charge in [-0.3, -0.25) is 0 Å². The molecule has 0 atom stereocenters. The molecule has 75 valence electrons. The Morgan fingerprint density at radius 3 is 1.92 bits per heavy atom. The monoisotopic (exact) mass is 179 g/mol. The quantitative estimate of drug-likeness (QED) is 0.565. The summed E-state index contributed by atoms with van der Waals surface area (Å²) in [7, 11) is 0. The van der Waals surface area contributed by atoms with Crippen molar-refractivity contribution >= 4 is 0 Å². The van der Waals surface area contributed by atoms with Gasteiger partial charge in [-0.05, 0) is 62.7 Å². The van der Waals surface area contributed by atoms with E-state index in [1.165, 1.54) is 51.4 Å². The molecule has 0 saturated heterocycles. The van der Waals surface area contributed by atoms with Crippen molar-refractivity contribution in [2.75, 3.05) is 0 Å². The third kappa shape index (κ3) is 2.48. The van der Waals surface area contributed by atoms with Crippen LogP contribution in [-0.2, 0) is 0 Å². The predicted molar refractivity (Wildman–Crippen MR) is 57.4 cm³/mol. The third-order valence-electron chi connectivity index (χ3n) is 4.21. The van der Waals surface area contributed by atoms with E-state index in [4.69, 9.17) is 0 Å². The second-order valence-electron chi connectivity index (χ2n) is 5.22. The summed E-state index contributed by atoms with van der Waals surface area (Å²) >= 11 is 0. The molecule has 0 heterocycles. The smallest absolute Gasteiger partial charge is 0.0386 e. The summed E-state index contributed by atoms with van der Waals surface area (Å²) in [6.45, 7) is 2.42. The average molecular weight is 179 g/mol. The summed E-state index contributed by atoms with van der Waals surface area (Å²) in [6, 6.07) is 0. The van der Waals surface area contributed by atoms with Gasteiger partial charge in [0.2, 0.25) is 0 Å². The second-order valence-corrected chi connectivity index (χ2v) is 5.22. The van der Waals surface area contributed by atoms with E-state index >= 15 is 0 Å². The highest BCUT2D eigenvalue weighted by atomic mass is 14.3. The van der Waals surface area contributed by atoms with Crippen LogP contribution in [0.2, 0.25) is 0 Å². The van der Waals surface area contributed by atoms with Gasteiger partial charge in [0.05, 0.1) is 0 Å². The minimum atomic E-state index is 1.02. The highest BCUT2D eigenvalue weighted by Crippen LogP contribution is 2.39. The van der Waals surface area contributed by atoms with Crippen molar-refractivity contribution in [1.29, 1.82) is 0 Å². The molecule has 0 unspecified atom stereocenters. The predicted octanol–water partition coefficient (Wildman–Crippen LogP) is 4.21. The van der Waals surface area contributed by atoms with E-state index in [1.807, 2.05) is 0 Å². The zero-order valence-electron chi connectivity index (χ0n) is 8.97. The molecule has 0 bridgehead atoms. The highest BCUT2D eigenvalue weighted by molar-refractivity contribution is 4.83. The molecule has 0 amide bonds. The van der Waals surface area contributed by atoms with Gasteiger partial charge in [0.15, 0.2) is 0 Å². The molecular formula is C13H23. The van der Waals surface area contributed by atoms with Gasteiger partial charge < -0.3 is 0 Å². The first-order valence-electron chi connectivity index (χ1n) is 6.18. The SMILES string of the molecule is CC1CCC(C2CC[CH]CC2)CC1. The van der Waals surface area contributed by atoms with Gasteiger partial charge in [-0.25, -0.2) is 0 Å². The average Bonchev–Trinajstić information content (AvgIpc) is 2.20. The maximum atomic E-state index is 2.49. The van der Waals surface area contributed by atoms with Crippen molar-refractivity contribution in [1.82, 2.24) is 0 Å². The van der Waals surface area contributed by atoms with E-state index in [2.05, 4.69) is 13.3 Å². The van der Waals surface area contributed by atoms with E-state index in [0.29, 0.717) is 0 Å². The Morgan fingerprint density at radius 2 is 1.31 bits per heavy atom. The Kier molecular flexibility index (Phi) is 3.29. The zero-order valence-corrected chi connectivity index (χ0v) is 8.97. The van der Waals surface area contributed by atoms with Gasteiger partial charge in [-0.1, -0.05) is 19.8 Å². The molecule has 2 saturated carbocycles. The molecule has 2 rings (SSSR count). The molecule has 2 fully saturated rings. The van der Waals surface area contributed by atoms with Crippen LogP contribution in [0.3, 0.4) is 0 Å². The molecule has 0 heteroatoms. The summed E-state index contributed by atoms with van der Waals surface area (Å²) in [6.07, 6.45) is 14.4. The Balaban J connectivity index is 1.79. The van der Waals surface area contributed by atoms with Crippen LogP contribution in [0.5, 0.6) is 0 Å². The van der Waals surface area contributed by atoms with Crippen LogP contribution in [0.1, 0.15) is 58.3 Å². The van der Waals surface area contributed by atoms with Crippen LogP contribution in [0.25, 0.3) is 0 Å². The van der Waals surface area contributed by atoms with E-state index in [-0.39, 0.29) is 0 Å². The molecule has 0 nitrogen and oxygen atoms in total. The lowest BCUT2D eigenvalue weighted by Crippen LogP contribution is -2.22. The summed E-state index contributed by atoms with van der Waals surface area (Å²) in [5.74, 6) is 3.22. The van der Waals surface area contributed by atoms with Gasteiger partial charge in [-0.2, -0.15) is 0 Å². The van der Waals surface area contributed by atoms with Crippen molar-refractivity contribution in [3.8, 4) is 0 Å². The lowest BCUT2D eigenvalue weighted by Gasteiger charge is -2.34. The summed E-state index contributed by atoms with van der Waals surface area (Å²) in [4.78, 5) is 0. The van der Waals surface area contributed by atoms with Crippen molar-refractivity contribution in [3.63, 3.8) is 0 Å². The Hall–Kier alpha value is 0. The van der Waals surface area contributed by atoms with Crippen LogP contribution < -0.4 is 0 Å². The van der Waals surface area contributed by atoms with Crippen LogP contribution in [0.15, 0.2) is 0 Å². The van der Waals surface area contributed by atoms with Gasteiger partial charge in [0, 0.05) is 0 Å². The lowest BCUT2D eigenvalue weighted by atomic mass is 9.71. The molecular weight excluding hydrogens is 156 g/mol. The first-order valence-corrected chi connectivity index (χ1v) is 6.18. The molecule has 0 N–H and O–H groups in total. The maximum Gasteiger partial charge on any atom is -0.0386 e. The first kappa shape index (κ1) is 9.55. The fraction of sp³-hybridized carbons (Fsp3) is 0.923. The van der Waals surface area contributed by atoms with E-state index < -0.39 is 0 Å². The fourth-order valence-electron chi connectivity index (χ4n) is 3.18. The van der Waals surface area contributed by atoms with E-state index in [0.717, 1.165) is 17.8 Å². The van der Waals surface area contributed by atoms with Crippen molar-refractivity contribution < 1.29 is 0 Å². The van der Waals surface area contributed by atoms with Crippen molar-refractivity contribution in [3.05, 3.63) is 6.42 Å². The topological polar surface area (TPSA) is 0 Å². The zero-order chi connectivity index (χ0) is 9.10. The van der Waals surface area contributed by atoms with Gasteiger partial charge >= 0.3 is 0 Å². The van der Waals surface area contributed by atoms with Crippen LogP contribution in [0.4, 0.5) is 0 Å². The van der Waals surface area contributed by atoms with Crippen LogP contribution in [0, 0.1) is 24.2 Å². The van der Waals surface area contributed by atoms with E-state index in [9.17, 15) is 0 Å². The third-order valence-corrected chi connectivity index (χ3v) is 4.21. The molecule has 0 aliphatic heterocycles. The molecule has 0 aromatic carbocycles. The number of hydrogen-bond acceptors (Lipinski definition) is 0. The molecule has 2 aliphatic rings. The molecule has 0 aromatic heterocycles. The van der Waals surface area contributed by atoms with E-state index in [1.54, 1.807) is 0 Å². The summed E-state index contributed by atoms with van der Waals surface area (Å²) in [5.41, 5.74) is 0. The molecule has 0 aromatic rings. The first-order chi connectivity index (χ1) is 6.36. The number of hydrogen-bond donors (Lipinski definition) is 0. The summed E-state index contributed by atoms with van der Waals surface area (Å²) < 4.78 is 0. The fourth-order valence-corrected chi connectivity index (χ4v) is 3.18. The summed E-state index contributed by atoms with van der Waals surface area (Å²) in [5, 5.41) is 0. The molecule has 13 heavy (non-hydrogen) atoms. The normalized spacial score (nSPS) is 37.6. The maximum absolute atomic E-state index is 2.49. The molecule has 2 aliphatic carbocycles. The molecule has 1 radical (unpaired) electrons. The Morgan fingerprint density at radius 1 is 0.769 bits per heavy atom. The minimum absolute atomic E-state index is 1.02. The standard InChI is InChI=1S/C13H23/c1-11-7-9-13(10-8-11)12-5-3-2-4-6-12/h2,11-13H,3-10H2,1H3. The number of rotatable bonds is 1. The van der Waals surface area contributed by atoms with Crippen LogP contribution >= 0.6 is 0 Å². The Labute approximate surface area is 83.1 Å². The largest absolute Gasteiger partial charge is 0.0625 e. The van der Waals surface area contributed by atoms with Gasteiger partial charge in [0.25, 0.3) is 0 Å². The minimum Gasteiger partial charge on any atom is -0.0625 e. The molecule has 0 spiro atoms.